The summed E-state index contributed by atoms with van der Waals surface area (Å²) in [4.78, 5) is 14.3. The van der Waals surface area contributed by atoms with Crippen LogP contribution >= 0.6 is 11.9 Å². The van der Waals surface area contributed by atoms with E-state index in [9.17, 15) is 18.0 Å². The van der Waals surface area contributed by atoms with Gasteiger partial charge < -0.3 is 15.5 Å². The summed E-state index contributed by atoms with van der Waals surface area (Å²) in [5.74, 6) is -0.973. The number of alkyl halides is 3. The molecule has 0 bridgehead atoms. The molecule has 0 saturated carbocycles. The number of nitrogens with zero attached hydrogens (tertiary/aromatic N) is 4. The zero-order valence-electron chi connectivity index (χ0n) is 11.7. The highest BCUT2D eigenvalue weighted by atomic mass is 32.2. The molecular formula is C11H11F3N6O2S. The zero-order chi connectivity index (χ0) is 17.3. The monoisotopic (exact) mass is 348 g/mol. The Bertz CT molecular complexity index is 630. The quantitative estimate of drug-likeness (QED) is 0.162. The number of ether oxygens (including phenoxy) is 1. The number of rotatable bonds is 5. The van der Waals surface area contributed by atoms with Gasteiger partial charge in [0, 0.05) is 23.9 Å². The highest BCUT2D eigenvalue weighted by molar-refractivity contribution is 8.12. The molecule has 0 aliphatic heterocycles. The lowest BCUT2D eigenvalue weighted by atomic mass is 10.1. The lowest BCUT2D eigenvalue weighted by Gasteiger charge is -2.10. The van der Waals surface area contributed by atoms with Crippen LogP contribution in [0.1, 0.15) is 5.56 Å². The number of hydrogen-bond donors (Lipinski definition) is 2. The fraction of sp³-hybridized carbons (Fsp3) is 0.273. The van der Waals surface area contributed by atoms with Crippen molar-refractivity contribution in [2.24, 2.45) is 9.62 Å². The van der Waals surface area contributed by atoms with Crippen LogP contribution in [0.2, 0.25) is 0 Å². The molecule has 8 nitrogen and oxygen atoms in total. The van der Waals surface area contributed by atoms with E-state index in [1.165, 1.54) is 19.2 Å². The Morgan fingerprint density at radius 2 is 2.22 bits per heavy atom. The SMILES string of the molecule is CN/N=C(/NC(=O)Cc1cccc(OC(F)(F)F)c1)SN=[N+]=[N-]. The number of benzene rings is 1. The molecule has 1 aromatic carbocycles. The molecule has 0 saturated heterocycles. The fourth-order valence-electron chi connectivity index (χ4n) is 1.43. The van der Waals surface area contributed by atoms with E-state index < -0.39 is 18.0 Å². The van der Waals surface area contributed by atoms with Crippen molar-refractivity contribution in [3.05, 3.63) is 40.3 Å². The van der Waals surface area contributed by atoms with Gasteiger partial charge in [-0.25, -0.2) is 0 Å². The van der Waals surface area contributed by atoms with Crippen molar-refractivity contribution in [3.63, 3.8) is 0 Å². The molecule has 0 heterocycles. The second-order valence-corrected chi connectivity index (χ2v) is 4.56. The maximum Gasteiger partial charge on any atom is 0.573 e. The van der Waals surface area contributed by atoms with Crippen LogP contribution in [-0.2, 0) is 11.2 Å². The number of nitrogens with one attached hydrogen (secondary N) is 2. The van der Waals surface area contributed by atoms with Gasteiger partial charge in [0.25, 0.3) is 0 Å². The summed E-state index contributed by atoms with van der Waals surface area (Å²) in [7, 11) is 1.47. The predicted octanol–water partition coefficient (Wildman–Crippen LogP) is 2.69. The Labute approximate surface area is 132 Å². The molecule has 0 aliphatic carbocycles. The highest BCUT2D eigenvalue weighted by Gasteiger charge is 2.31. The summed E-state index contributed by atoms with van der Waals surface area (Å²) >= 11 is 0.586. The molecular weight excluding hydrogens is 337 g/mol. The second kappa shape index (κ2) is 8.76. The van der Waals surface area contributed by atoms with Crippen LogP contribution in [0.5, 0.6) is 5.75 Å². The Morgan fingerprint density at radius 3 is 2.83 bits per heavy atom. The molecule has 1 amide bonds. The molecule has 0 fully saturated rings. The number of carbonyl (C=O) groups is 1. The van der Waals surface area contributed by atoms with Gasteiger partial charge >= 0.3 is 6.36 Å². The first-order chi connectivity index (χ1) is 10.8. The van der Waals surface area contributed by atoms with Crippen molar-refractivity contribution in [3.8, 4) is 5.75 Å². The smallest absolute Gasteiger partial charge is 0.406 e. The van der Waals surface area contributed by atoms with Crippen LogP contribution in [0.4, 0.5) is 13.2 Å². The summed E-state index contributed by atoms with van der Waals surface area (Å²) < 4.78 is 43.4. The molecule has 0 radical (unpaired) electrons. The van der Waals surface area contributed by atoms with Crippen molar-refractivity contribution in [1.82, 2.24) is 10.7 Å². The lowest BCUT2D eigenvalue weighted by molar-refractivity contribution is -0.274. The van der Waals surface area contributed by atoms with E-state index in [0.29, 0.717) is 17.5 Å². The van der Waals surface area contributed by atoms with Crippen LogP contribution < -0.4 is 15.5 Å². The number of hydrazone groups is 1. The minimum Gasteiger partial charge on any atom is -0.406 e. The molecule has 1 aromatic rings. The maximum atomic E-state index is 12.1. The first-order valence-corrected chi connectivity index (χ1v) is 6.72. The van der Waals surface area contributed by atoms with Crippen molar-refractivity contribution < 1.29 is 22.7 Å². The van der Waals surface area contributed by atoms with Crippen molar-refractivity contribution in [2.75, 3.05) is 7.05 Å². The van der Waals surface area contributed by atoms with Gasteiger partial charge in [-0.2, -0.15) is 5.10 Å². The van der Waals surface area contributed by atoms with Crippen molar-refractivity contribution in [2.45, 2.75) is 12.8 Å². The summed E-state index contributed by atoms with van der Waals surface area (Å²) in [5, 5.41) is 6.02. The summed E-state index contributed by atoms with van der Waals surface area (Å²) in [6.07, 6.45) is -5.02. The highest BCUT2D eigenvalue weighted by Crippen LogP contribution is 2.23. The Morgan fingerprint density at radius 1 is 1.48 bits per heavy atom. The van der Waals surface area contributed by atoms with E-state index in [0.717, 1.165) is 12.1 Å². The second-order valence-electron chi connectivity index (χ2n) is 3.82. The fourth-order valence-corrected chi connectivity index (χ4v) is 1.84. The van der Waals surface area contributed by atoms with Crippen molar-refractivity contribution >= 4 is 23.0 Å². The zero-order valence-corrected chi connectivity index (χ0v) is 12.5. The van der Waals surface area contributed by atoms with E-state index in [1.54, 1.807) is 0 Å². The van der Waals surface area contributed by atoms with Crippen LogP contribution in [0.3, 0.4) is 0 Å². The van der Waals surface area contributed by atoms with E-state index in [4.69, 9.17) is 5.53 Å². The number of halogens is 3. The molecule has 1 rings (SSSR count). The molecule has 23 heavy (non-hydrogen) atoms. The lowest BCUT2D eigenvalue weighted by Crippen LogP contribution is -2.30. The average molecular weight is 348 g/mol. The Balaban J connectivity index is 2.71. The first kappa shape index (κ1) is 18.5. The van der Waals surface area contributed by atoms with E-state index in [2.05, 4.69) is 30.0 Å². The number of amidine groups is 1. The van der Waals surface area contributed by atoms with E-state index in [1.807, 2.05) is 0 Å². The number of hydrogen-bond acceptors (Lipinski definition) is 6. The molecule has 0 spiro atoms. The standard InChI is InChI=1S/C11H11F3N6O2S/c1-16-18-10(23-20-19-15)17-9(21)6-7-3-2-4-8(5-7)22-11(12,13)14/h2-5,16H,6H2,1H3,(H,17,18,21). The number of amides is 1. The third kappa shape index (κ3) is 7.83. The normalized spacial score (nSPS) is 11.4. The molecule has 0 atom stereocenters. The van der Waals surface area contributed by atoms with Gasteiger partial charge in [0.1, 0.15) is 5.75 Å². The molecule has 0 unspecified atom stereocenters. The van der Waals surface area contributed by atoms with Crippen LogP contribution in [-0.4, -0.2) is 24.5 Å². The predicted molar refractivity (Wildman–Crippen MR) is 78.2 cm³/mol. The van der Waals surface area contributed by atoms with Crippen molar-refractivity contribution in [1.29, 1.82) is 0 Å². The molecule has 124 valence electrons. The number of azide groups is 1. The van der Waals surface area contributed by atoms with Crippen LogP contribution in [0.25, 0.3) is 10.4 Å². The Hall–Kier alpha value is -2.59. The van der Waals surface area contributed by atoms with Gasteiger partial charge in [0.05, 0.1) is 6.42 Å². The largest absolute Gasteiger partial charge is 0.573 e. The van der Waals surface area contributed by atoms with Gasteiger partial charge in [0.15, 0.2) is 5.17 Å². The molecule has 0 aliphatic rings. The van der Waals surface area contributed by atoms with Gasteiger partial charge in [-0.15, -0.1) is 13.2 Å². The minimum atomic E-state index is -4.81. The van der Waals surface area contributed by atoms with E-state index in [-0.39, 0.29) is 11.6 Å². The summed E-state index contributed by atoms with van der Waals surface area (Å²) in [5.41, 5.74) is 10.9. The average Bonchev–Trinajstić information content (AvgIpc) is 2.43. The third-order valence-electron chi connectivity index (χ3n) is 2.12. The maximum absolute atomic E-state index is 12.1. The molecule has 0 aromatic heterocycles. The Kier molecular flexibility index (Phi) is 7.03. The minimum absolute atomic E-state index is 0.00186. The summed E-state index contributed by atoms with van der Waals surface area (Å²) in [6.45, 7) is 0. The first-order valence-electron chi connectivity index (χ1n) is 5.94. The van der Waals surface area contributed by atoms with Crippen LogP contribution in [0.15, 0.2) is 33.9 Å². The van der Waals surface area contributed by atoms with Gasteiger partial charge in [0.2, 0.25) is 5.91 Å². The molecule has 12 heteroatoms. The topological polar surface area (TPSA) is 111 Å². The van der Waals surface area contributed by atoms with E-state index >= 15 is 0 Å². The van der Waals surface area contributed by atoms with Crippen LogP contribution in [0, 0.1) is 0 Å². The summed E-state index contributed by atoms with van der Waals surface area (Å²) in [6, 6.07) is 5.03. The number of carbonyl (C=O) groups excluding carboxylic acids is 1. The van der Waals surface area contributed by atoms with Gasteiger partial charge in [-0.3, -0.25) is 4.79 Å². The van der Waals surface area contributed by atoms with Gasteiger partial charge in [-0.1, -0.05) is 12.1 Å². The molecule has 2 N–H and O–H groups in total. The van der Waals surface area contributed by atoms with Gasteiger partial charge in [-0.05, 0) is 27.7 Å². The third-order valence-corrected chi connectivity index (χ3v) is 2.64.